The molecule has 0 saturated carbocycles. The third-order valence-electron chi connectivity index (χ3n) is 3.71. The molecule has 2 fully saturated rings. The van der Waals surface area contributed by atoms with Gasteiger partial charge in [-0.1, -0.05) is 0 Å². The summed E-state index contributed by atoms with van der Waals surface area (Å²) in [7, 11) is 1.01. The molecule has 0 N–H and O–H groups in total. The average Bonchev–Trinajstić information content (AvgIpc) is 3.05. The predicted molar refractivity (Wildman–Crippen MR) is 62.0 cm³/mol. The summed E-state index contributed by atoms with van der Waals surface area (Å²) in [5.74, 6) is -5.48. The number of hydrogen-bond donors (Lipinski definition) is 0. The molecule has 0 radical (unpaired) electrons. The normalized spacial score (nSPS) is 24.3. The molecule has 2 heterocycles. The van der Waals surface area contributed by atoms with E-state index in [0.717, 1.165) is 7.11 Å². The number of benzene rings is 1. The third-order valence-corrected chi connectivity index (χ3v) is 3.71. The summed E-state index contributed by atoms with van der Waals surface area (Å²) in [6.07, 6.45) is 0.632. The molecule has 20 heavy (non-hydrogen) atoms. The molecule has 2 unspecified atom stereocenters. The number of amides is 1. The minimum atomic E-state index is -1.44. The Bertz CT molecular complexity index is 578. The Hall–Kier alpha value is -1.76. The van der Waals surface area contributed by atoms with E-state index in [1.165, 1.54) is 4.90 Å². The van der Waals surface area contributed by atoms with Crippen LogP contribution in [0.2, 0.25) is 0 Å². The van der Waals surface area contributed by atoms with Crippen LogP contribution in [-0.4, -0.2) is 43.2 Å². The maximum Gasteiger partial charge on any atom is 0.257 e. The topological polar surface area (TPSA) is 38.8 Å². The SMILES string of the molecule is COc1c(F)c(F)cc(C(=O)N2CC3CC2CO3)c1F. The zero-order chi connectivity index (χ0) is 14.4. The minimum absolute atomic E-state index is 0.0563. The fourth-order valence-corrected chi connectivity index (χ4v) is 2.72. The summed E-state index contributed by atoms with van der Waals surface area (Å²) >= 11 is 0. The molecule has 2 saturated heterocycles. The zero-order valence-electron chi connectivity index (χ0n) is 10.7. The Kier molecular flexibility index (Phi) is 3.08. The van der Waals surface area contributed by atoms with Crippen LogP contribution in [0.25, 0.3) is 0 Å². The van der Waals surface area contributed by atoms with E-state index in [1.54, 1.807) is 0 Å². The molecule has 0 aliphatic carbocycles. The molecule has 2 atom stereocenters. The number of hydrogen-bond acceptors (Lipinski definition) is 3. The largest absolute Gasteiger partial charge is 0.491 e. The van der Waals surface area contributed by atoms with Crippen molar-refractivity contribution in [3.8, 4) is 5.75 Å². The van der Waals surface area contributed by atoms with Gasteiger partial charge < -0.3 is 14.4 Å². The fourth-order valence-electron chi connectivity index (χ4n) is 2.72. The van der Waals surface area contributed by atoms with Gasteiger partial charge in [-0.05, 0) is 12.5 Å². The number of nitrogens with zero attached hydrogens (tertiary/aromatic N) is 1. The number of carbonyl (C=O) groups is 1. The van der Waals surface area contributed by atoms with Crippen LogP contribution in [0.1, 0.15) is 16.8 Å². The molecular formula is C13H12F3NO3. The number of rotatable bonds is 2. The van der Waals surface area contributed by atoms with Crippen molar-refractivity contribution in [1.29, 1.82) is 0 Å². The van der Waals surface area contributed by atoms with Gasteiger partial charge in [-0.25, -0.2) is 8.78 Å². The molecule has 0 spiro atoms. The maximum absolute atomic E-state index is 14.0. The van der Waals surface area contributed by atoms with Crippen LogP contribution in [-0.2, 0) is 4.74 Å². The quantitative estimate of drug-likeness (QED) is 0.778. The molecule has 3 rings (SSSR count). The van der Waals surface area contributed by atoms with E-state index >= 15 is 0 Å². The number of fused-ring (bicyclic) bond motifs is 2. The molecule has 1 amide bonds. The van der Waals surface area contributed by atoms with E-state index in [9.17, 15) is 18.0 Å². The van der Waals surface area contributed by atoms with E-state index in [4.69, 9.17) is 4.74 Å². The highest BCUT2D eigenvalue weighted by Crippen LogP contribution is 2.32. The molecule has 1 aromatic carbocycles. The van der Waals surface area contributed by atoms with Gasteiger partial charge in [0.05, 0.1) is 31.4 Å². The number of likely N-dealkylation sites (tertiary alicyclic amines) is 1. The molecule has 2 bridgehead atoms. The second-order valence-electron chi connectivity index (χ2n) is 4.87. The Morgan fingerprint density at radius 1 is 1.40 bits per heavy atom. The number of carbonyl (C=O) groups excluding carboxylic acids is 1. The smallest absolute Gasteiger partial charge is 0.257 e. The highest BCUT2D eigenvalue weighted by molar-refractivity contribution is 5.95. The number of ether oxygens (including phenoxy) is 2. The van der Waals surface area contributed by atoms with Crippen LogP contribution in [0.5, 0.6) is 5.75 Å². The van der Waals surface area contributed by atoms with Crippen molar-refractivity contribution >= 4 is 5.91 Å². The van der Waals surface area contributed by atoms with Crippen molar-refractivity contribution in [3.63, 3.8) is 0 Å². The molecule has 2 aliphatic heterocycles. The summed E-state index contributed by atoms with van der Waals surface area (Å²) in [5, 5.41) is 0. The lowest BCUT2D eigenvalue weighted by molar-refractivity contribution is 0.0255. The third kappa shape index (κ3) is 1.84. The van der Waals surface area contributed by atoms with E-state index in [0.29, 0.717) is 25.6 Å². The van der Waals surface area contributed by atoms with E-state index in [-0.39, 0.29) is 12.1 Å². The van der Waals surface area contributed by atoms with Crippen LogP contribution in [0.4, 0.5) is 13.2 Å². The first-order valence-corrected chi connectivity index (χ1v) is 6.17. The lowest BCUT2D eigenvalue weighted by Crippen LogP contribution is -2.41. The summed E-state index contributed by atoms with van der Waals surface area (Å²) in [5.41, 5.74) is -0.520. The van der Waals surface area contributed by atoms with Gasteiger partial charge in [-0.2, -0.15) is 4.39 Å². The summed E-state index contributed by atoms with van der Waals surface area (Å²) < 4.78 is 50.6. The summed E-state index contributed by atoms with van der Waals surface area (Å²) in [6, 6.07) is 0.438. The van der Waals surface area contributed by atoms with E-state index < -0.39 is 34.7 Å². The van der Waals surface area contributed by atoms with Gasteiger partial charge in [0.2, 0.25) is 5.82 Å². The Balaban J connectivity index is 1.98. The number of methoxy groups -OCH3 is 1. The first kappa shape index (κ1) is 13.2. The van der Waals surface area contributed by atoms with Crippen LogP contribution in [0, 0.1) is 17.5 Å². The van der Waals surface area contributed by atoms with Gasteiger partial charge in [-0.3, -0.25) is 4.79 Å². The monoisotopic (exact) mass is 287 g/mol. The van der Waals surface area contributed by atoms with Gasteiger partial charge in [-0.15, -0.1) is 0 Å². The van der Waals surface area contributed by atoms with Crippen molar-refractivity contribution < 1.29 is 27.4 Å². The zero-order valence-corrected chi connectivity index (χ0v) is 10.7. The second-order valence-corrected chi connectivity index (χ2v) is 4.87. The average molecular weight is 287 g/mol. The van der Waals surface area contributed by atoms with E-state index in [2.05, 4.69) is 4.74 Å². The highest BCUT2D eigenvalue weighted by Gasteiger charge is 2.42. The Morgan fingerprint density at radius 3 is 2.70 bits per heavy atom. The van der Waals surface area contributed by atoms with Crippen LogP contribution in [0.15, 0.2) is 6.07 Å². The number of morpholine rings is 1. The lowest BCUT2D eigenvalue weighted by Gasteiger charge is -2.27. The fraction of sp³-hybridized carbons (Fsp3) is 0.462. The second kappa shape index (κ2) is 4.66. The van der Waals surface area contributed by atoms with Gasteiger partial charge in [0.25, 0.3) is 5.91 Å². The van der Waals surface area contributed by atoms with Crippen LogP contribution >= 0.6 is 0 Å². The first-order chi connectivity index (χ1) is 9.52. The Labute approximate surface area is 113 Å². The highest BCUT2D eigenvalue weighted by atomic mass is 19.2. The lowest BCUT2D eigenvalue weighted by atomic mass is 10.1. The van der Waals surface area contributed by atoms with Gasteiger partial charge in [0.15, 0.2) is 17.4 Å². The molecule has 108 valence electrons. The van der Waals surface area contributed by atoms with E-state index in [1.807, 2.05) is 0 Å². The van der Waals surface area contributed by atoms with Gasteiger partial charge in [0.1, 0.15) is 0 Å². The maximum atomic E-state index is 14.0. The standard InChI is InChI=1S/C13H12F3NO3/c1-19-12-10(15)8(3-9(14)11(12)16)13(18)17-4-7-2-6(17)5-20-7/h3,6-7H,2,4-5H2,1H3. The number of halogens is 3. The molecule has 0 aromatic heterocycles. The van der Waals surface area contributed by atoms with Crippen molar-refractivity contribution in [1.82, 2.24) is 4.90 Å². The molecule has 7 heteroatoms. The molecular weight excluding hydrogens is 275 g/mol. The molecule has 4 nitrogen and oxygen atoms in total. The van der Waals surface area contributed by atoms with Gasteiger partial charge >= 0.3 is 0 Å². The van der Waals surface area contributed by atoms with Crippen molar-refractivity contribution in [2.75, 3.05) is 20.3 Å². The summed E-state index contributed by atoms with van der Waals surface area (Å²) in [6.45, 7) is 0.725. The molecule has 2 aliphatic rings. The van der Waals surface area contributed by atoms with Crippen molar-refractivity contribution in [2.24, 2.45) is 0 Å². The molecule has 1 aromatic rings. The van der Waals surface area contributed by atoms with Crippen LogP contribution < -0.4 is 4.74 Å². The Morgan fingerprint density at radius 2 is 2.15 bits per heavy atom. The summed E-state index contributed by atoms with van der Waals surface area (Å²) in [4.78, 5) is 13.7. The minimum Gasteiger partial charge on any atom is -0.491 e. The van der Waals surface area contributed by atoms with Crippen molar-refractivity contribution in [2.45, 2.75) is 18.6 Å². The van der Waals surface area contributed by atoms with Crippen molar-refractivity contribution in [3.05, 3.63) is 29.1 Å². The van der Waals surface area contributed by atoms with Crippen LogP contribution in [0.3, 0.4) is 0 Å². The van der Waals surface area contributed by atoms with Gasteiger partial charge in [0, 0.05) is 6.54 Å². The predicted octanol–water partition coefficient (Wildman–Crippen LogP) is 1.73. The first-order valence-electron chi connectivity index (χ1n) is 6.17.